The first kappa shape index (κ1) is 19.9. The van der Waals surface area contributed by atoms with Crippen LogP contribution < -0.4 is 14.8 Å². The minimum Gasteiger partial charge on any atom is -0.434 e. The fourth-order valence-corrected chi connectivity index (χ4v) is 2.66. The van der Waals surface area contributed by atoms with Crippen molar-refractivity contribution in [3.05, 3.63) is 33.8 Å². The Morgan fingerprint density at radius 3 is 2.19 bits per heavy atom. The molecule has 138 valence electrons. The largest absolute Gasteiger partial charge is 0.434 e. The van der Waals surface area contributed by atoms with Crippen molar-refractivity contribution in [3.8, 4) is 17.5 Å². The maximum atomic E-state index is 11.2. The fourth-order valence-electron chi connectivity index (χ4n) is 2.09. The summed E-state index contributed by atoms with van der Waals surface area (Å²) in [5, 5.41) is 10.8. The molecule has 0 bridgehead atoms. The molecule has 0 aliphatic rings. The number of nitrogens with one attached hydrogen (secondary N) is 1. The molecule has 0 atom stereocenters. The molecule has 0 aliphatic heterocycles. The predicted molar refractivity (Wildman–Crippen MR) is 98.3 cm³/mol. The molecular weight excluding hydrogens is 381 g/mol. The topological polar surface area (TPSA) is 90.4 Å². The van der Waals surface area contributed by atoms with Gasteiger partial charge in [0.15, 0.2) is 5.75 Å². The monoisotopic (exact) mass is 397 g/mol. The summed E-state index contributed by atoms with van der Waals surface area (Å²) in [5.74, 6) is -0.297. The summed E-state index contributed by atoms with van der Waals surface area (Å²) in [6.07, 6.45) is 0. The summed E-state index contributed by atoms with van der Waals surface area (Å²) in [5.41, 5.74) is 1.09. The number of hydrogen-bond donors (Lipinski definition) is 1. The van der Waals surface area contributed by atoms with E-state index >= 15 is 0 Å². The van der Waals surface area contributed by atoms with Gasteiger partial charge in [0, 0.05) is 31.2 Å². The van der Waals surface area contributed by atoms with Gasteiger partial charge in [-0.1, -0.05) is 37.0 Å². The van der Waals surface area contributed by atoms with Gasteiger partial charge in [-0.3, -0.25) is 9.59 Å². The molecule has 7 nitrogen and oxygen atoms in total. The highest BCUT2D eigenvalue weighted by molar-refractivity contribution is 6.37. The minimum atomic E-state index is -0.491. The molecule has 1 amide bonds. The maximum absolute atomic E-state index is 11.2. The van der Waals surface area contributed by atoms with Gasteiger partial charge in [0.25, 0.3) is 0 Å². The molecule has 9 heteroatoms. The Hall–Kier alpha value is -2.38. The van der Waals surface area contributed by atoms with E-state index in [-0.39, 0.29) is 39.4 Å². The third-order valence-corrected chi connectivity index (χ3v) is 3.71. The van der Waals surface area contributed by atoms with Crippen LogP contribution in [0.25, 0.3) is 0 Å². The molecule has 0 aliphatic carbocycles. The first-order valence-corrected chi connectivity index (χ1v) is 8.43. The standard InChI is InChI=1S/C17H17Cl2N3O4/c1-8(2)12-7-15(21-22-17(12)25-10(4)24)26-16-13(18)5-11(6-14(16)19)20-9(3)23/h5-8H,1-4H3,(H,20,23). The number of benzene rings is 1. The van der Waals surface area contributed by atoms with E-state index < -0.39 is 5.97 Å². The van der Waals surface area contributed by atoms with Crippen LogP contribution in [0.3, 0.4) is 0 Å². The van der Waals surface area contributed by atoms with Gasteiger partial charge < -0.3 is 14.8 Å². The van der Waals surface area contributed by atoms with Crippen LogP contribution >= 0.6 is 23.2 Å². The second-order valence-electron chi connectivity index (χ2n) is 5.74. The van der Waals surface area contributed by atoms with Crippen molar-refractivity contribution in [3.63, 3.8) is 0 Å². The van der Waals surface area contributed by atoms with Crippen LogP contribution in [0.1, 0.15) is 39.2 Å². The number of halogens is 2. The molecule has 2 rings (SSSR count). The normalized spacial score (nSPS) is 10.6. The number of nitrogens with zero attached hydrogens (tertiary/aromatic N) is 2. The number of anilines is 1. The minimum absolute atomic E-state index is 0.00952. The molecule has 26 heavy (non-hydrogen) atoms. The zero-order valence-electron chi connectivity index (χ0n) is 14.6. The van der Waals surface area contributed by atoms with Gasteiger partial charge in [-0.25, -0.2) is 0 Å². The highest BCUT2D eigenvalue weighted by atomic mass is 35.5. The lowest BCUT2D eigenvalue weighted by atomic mass is 10.1. The number of aromatic nitrogens is 2. The van der Waals surface area contributed by atoms with E-state index in [1.54, 1.807) is 6.07 Å². The van der Waals surface area contributed by atoms with Crippen molar-refractivity contribution < 1.29 is 19.1 Å². The van der Waals surface area contributed by atoms with Crippen LogP contribution in [0.4, 0.5) is 5.69 Å². The van der Waals surface area contributed by atoms with Crippen molar-refractivity contribution in [1.82, 2.24) is 10.2 Å². The van der Waals surface area contributed by atoms with Gasteiger partial charge in [0.2, 0.25) is 17.7 Å². The average molecular weight is 398 g/mol. The van der Waals surface area contributed by atoms with Crippen molar-refractivity contribution in [2.24, 2.45) is 0 Å². The van der Waals surface area contributed by atoms with Gasteiger partial charge in [-0.05, 0) is 18.1 Å². The van der Waals surface area contributed by atoms with Gasteiger partial charge in [0.05, 0.1) is 10.0 Å². The van der Waals surface area contributed by atoms with Crippen LogP contribution in [0.15, 0.2) is 18.2 Å². The quantitative estimate of drug-likeness (QED) is 0.742. The van der Waals surface area contributed by atoms with E-state index in [9.17, 15) is 9.59 Å². The molecule has 0 radical (unpaired) electrons. The lowest BCUT2D eigenvalue weighted by Gasteiger charge is -2.14. The third-order valence-electron chi connectivity index (χ3n) is 3.15. The SMILES string of the molecule is CC(=O)Nc1cc(Cl)c(Oc2cc(C(C)C)c(OC(C)=O)nn2)c(Cl)c1. The van der Waals surface area contributed by atoms with Gasteiger partial charge >= 0.3 is 5.97 Å². The number of rotatable bonds is 5. The summed E-state index contributed by atoms with van der Waals surface area (Å²) >= 11 is 12.4. The van der Waals surface area contributed by atoms with Crippen LogP contribution in [0.2, 0.25) is 10.0 Å². The zero-order chi connectivity index (χ0) is 19.4. The summed E-state index contributed by atoms with van der Waals surface area (Å²) in [6, 6.07) is 4.62. The van der Waals surface area contributed by atoms with E-state index in [0.29, 0.717) is 11.3 Å². The highest BCUT2D eigenvalue weighted by Gasteiger charge is 2.17. The number of carbonyl (C=O) groups is 2. The Kier molecular flexibility index (Phi) is 6.39. The summed E-state index contributed by atoms with van der Waals surface area (Å²) in [4.78, 5) is 22.3. The second kappa shape index (κ2) is 8.33. The first-order chi connectivity index (χ1) is 12.2. The van der Waals surface area contributed by atoms with E-state index in [1.807, 2.05) is 13.8 Å². The molecule has 1 heterocycles. The van der Waals surface area contributed by atoms with E-state index in [4.69, 9.17) is 32.7 Å². The maximum Gasteiger partial charge on any atom is 0.309 e. The predicted octanol–water partition coefficient (Wildman–Crippen LogP) is 4.58. The molecule has 0 unspecified atom stereocenters. The van der Waals surface area contributed by atoms with Crippen molar-refractivity contribution >= 4 is 40.8 Å². The molecule has 1 N–H and O–H groups in total. The average Bonchev–Trinajstić information content (AvgIpc) is 2.50. The van der Waals surface area contributed by atoms with Crippen molar-refractivity contribution in [2.75, 3.05) is 5.32 Å². The number of ether oxygens (including phenoxy) is 2. The van der Waals surface area contributed by atoms with Gasteiger partial charge in [-0.15, -0.1) is 10.2 Å². The van der Waals surface area contributed by atoms with E-state index in [1.165, 1.54) is 26.0 Å². The number of amides is 1. The van der Waals surface area contributed by atoms with Crippen LogP contribution in [0.5, 0.6) is 17.5 Å². The molecule has 1 aromatic heterocycles. The van der Waals surface area contributed by atoms with E-state index in [2.05, 4.69) is 15.5 Å². The van der Waals surface area contributed by atoms with Crippen molar-refractivity contribution in [2.45, 2.75) is 33.6 Å². The van der Waals surface area contributed by atoms with Crippen LogP contribution in [-0.2, 0) is 9.59 Å². The molecule has 0 saturated carbocycles. The number of carbonyl (C=O) groups excluding carboxylic acids is 2. The third kappa shape index (κ3) is 5.06. The Balaban J connectivity index is 2.35. The lowest BCUT2D eigenvalue weighted by molar-refractivity contribution is -0.132. The molecule has 0 fully saturated rings. The smallest absolute Gasteiger partial charge is 0.309 e. The number of esters is 1. The summed E-state index contributed by atoms with van der Waals surface area (Å²) in [6.45, 7) is 6.48. The Morgan fingerprint density at radius 2 is 1.69 bits per heavy atom. The zero-order valence-corrected chi connectivity index (χ0v) is 16.1. The fraction of sp³-hybridized carbons (Fsp3) is 0.294. The number of hydrogen-bond acceptors (Lipinski definition) is 6. The second-order valence-corrected chi connectivity index (χ2v) is 6.56. The molecular formula is C17H17Cl2N3O4. The summed E-state index contributed by atoms with van der Waals surface area (Å²) < 4.78 is 10.7. The highest BCUT2D eigenvalue weighted by Crippen LogP contribution is 2.39. The Bertz CT molecular complexity index is 833. The van der Waals surface area contributed by atoms with Crippen LogP contribution in [-0.4, -0.2) is 22.1 Å². The van der Waals surface area contributed by atoms with Crippen LogP contribution in [0, 0.1) is 0 Å². The molecule has 1 aromatic carbocycles. The lowest BCUT2D eigenvalue weighted by Crippen LogP contribution is -2.08. The molecule has 2 aromatic rings. The Labute approximate surface area is 160 Å². The van der Waals surface area contributed by atoms with Crippen molar-refractivity contribution in [1.29, 1.82) is 0 Å². The van der Waals surface area contributed by atoms with E-state index in [0.717, 1.165) is 0 Å². The Morgan fingerprint density at radius 1 is 1.08 bits per heavy atom. The van der Waals surface area contributed by atoms with Gasteiger partial charge in [-0.2, -0.15) is 0 Å². The first-order valence-electron chi connectivity index (χ1n) is 7.68. The molecule has 0 spiro atoms. The van der Waals surface area contributed by atoms with Gasteiger partial charge in [0.1, 0.15) is 0 Å². The molecule has 0 saturated heterocycles. The summed E-state index contributed by atoms with van der Waals surface area (Å²) in [7, 11) is 0.